The Balaban J connectivity index is 1.70. The first kappa shape index (κ1) is 27.1. The normalized spacial score (nSPS) is 23.6. The molecule has 1 fully saturated rings. The Kier molecular flexibility index (Phi) is 10.1. The number of benzene rings is 1. The first-order valence-corrected chi connectivity index (χ1v) is 12.3. The molecule has 1 aliphatic rings. The number of rotatable bonds is 3. The second-order valence-electron chi connectivity index (χ2n) is 9.25. The van der Waals surface area contributed by atoms with Gasteiger partial charge in [0, 0.05) is 57.8 Å². The van der Waals surface area contributed by atoms with E-state index in [0.717, 1.165) is 28.5 Å². The van der Waals surface area contributed by atoms with Crippen molar-refractivity contribution in [1.82, 2.24) is 9.80 Å². The van der Waals surface area contributed by atoms with Gasteiger partial charge in [0.25, 0.3) is 0 Å². The van der Waals surface area contributed by atoms with Crippen molar-refractivity contribution < 1.29 is 33.7 Å². The summed E-state index contributed by atoms with van der Waals surface area (Å²) in [7, 11) is 1.44. The molecule has 3 atom stereocenters. The number of fused-ring (bicyclic) bond motifs is 1. The zero-order valence-corrected chi connectivity index (χ0v) is 20.9. The van der Waals surface area contributed by atoms with Gasteiger partial charge >= 0.3 is 0 Å². The average Bonchev–Trinajstić information content (AvgIpc) is 3.21. The maximum atomic E-state index is 13.3. The molecule has 3 rings (SSSR count). The summed E-state index contributed by atoms with van der Waals surface area (Å²) < 4.78 is 16.6. The highest BCUT2D eigenvalue weighted by Gasteiger charge is 2.29. The molecule has 35 heavy (non-hydrogen) atoms. The van der Waals surface area contributed by atoms with E-state index >= 15 is 0 Å². The molecule has 0 saturated carbocycles. The van der Waals surface area contributed by atoms with Crippen LogP contribution >= 0.6 is 0 Å². The summed E-state index contributed by atoms with van der Waals surface area (Å²) in [4.78, 5) is 28.9. The average molecular weight is 491 g/mol. The number of furan rings is 1. The van der Waals surface area contributed by atoms with Crippen LogP contribution in [0.25, 0.3) is 11.0 Å². The van der Waals surface area contributed by atoms with E-state index in [0.29, 0.717) is 39.1 Å². The van der Waals surface area contributed by atoms with E-state index in [2.05, 4.69) is 0 Å². The number of hydrogen-bond acceptors (Lipinski definition) is 7. The topological polar surface area (TPSA) is 113 Å². The van der Waals surface area contributed by atoms with Crippen molar-refractivity contribution in [2.24, 2.45) is 0 Å². The predicted molar refractivity (Wildman–Crippen MR) is 131 cm³/mol. The van der Waals surface area contributed by atoms with Crippen molar-refractivity contribution >= 4 is 22.8 Å². The van der Waals surface area contributed by atoms with Gasteiger partial charge in [0.05, 0.1) is 19.3 Å². The number of nitrogens with zero attached hydrogens (tertiary/aromatic N) is 2. The van der Waals surface area contributed by atoms with E-state index in [9.17, 15) is 19.8 Å². The molecule has 0 unspecified atom stereocenters. The minimum Gasteiger partial charge on any atom is -0.464 e. The smallest absolute Gasteiger partial charge is 0.227 e. The first-order valence-electron chi connectivity index (χ1n) is 12.3. The van der Waals surface area contributed by atoms with Crippen LogP contribution in [0, 0.1) is 6.92 Å². The van der Waals surface area contributed by atoms with Crippen molar-refractivity contribution in [2.75, 3.05) is 46.5 Å². The van der Waals surface area contributed by atoms with Crippen LogP contribution in [-0.4, -0.2) is 96.6 Å². The lowest BCUT2D eigenvalue weighted by molar-refractivity contribution is -0.136. The van der Waals surface area contributed by atoms with Crippen molar-refractivity contribution in [3.8, 4) is 0 Å². The largest absolute Gasteiger partial charge is 0.464 e. The Morgan fingerprint density at radius 1 is 1.11 bits per heavy atom. The van der Waals surface area contributed by atoms with Crippen LogP contribution in [0.4, 0.5) is 0 Å². The minimum absolute atomic E-state index is 0.00787. The van der Waals surface area contributed by atoms with Crippen LogP contribution in [0.15, 0.2) is 28.9 Å². The number of carbonyl (C=O) groups is 2. The van der Waals surface area contributed by atoms with Gasteiger partial charge < -0.3 is 33.9 Å². The van der Waals surface area contributed by atoms with Crippen LogP contribution in [-0.2, 0) is 25.5 Å². The van der Waals surface area contributed by atoms with Crippen LogP contribution in [0.3, 0.4) is 0 Å². The quantitative estimate of drug-likeness (QED) is 0.676. The fourth-order valence-electron chi connectivity index (χ4n) is 4.39. The molecule has 0 aliphatic carbocycles. The fourth-order valence-corrected chi connectivity index (χ4v) is 4.39. The first-order chi connectivity index (χ1) is 16.8. The second-order valence-corrected chi connectivity index (χ2v) is 9.25. The summed E-state index contributed by atoms with van der Waals surface area (Å²) in [5.41, 5.74) is 2.74. The standard InChI is InChI=1S/C26H38N2O7/c1-18-7-8-21-20(16-35-23(21)13-18)14-25(31)27-9-4-5-12-34-17-22(30)26(32)24(33-3)15-28(19(2)29)11-6-10-27/h7-8,13,16,22,24,26,30,32H,4-6,9-12,14-15,17H2,1-3H3/t22-,24-,26-/m0/s1. The number of aliphatic hydroxyl groups excluding tert-OH is 2. The Morgan fingerprint density at radius 3 is 2.60 bits per heavy atom. The van der Waals surface area contributed by atoms with Gasteiger partial charge in [-0.3, -0.25) is 9.59 Å². The van der Waals surface area contributed by atoms with Crippen LogP contribution < -0.4 is 0 Å². The van der Waals surface area contributed by atoms with E-state index in [1.807, 2.05) is 30.0 Å². The predicted octanol–water partition coefficient (Wildman–Crippen LogP) is 1.90. The molecule has 0 spiro atoms. The molecule has 194 valence electrons. The SMILES string of the molecule is CO[C@H]1CN(C(C)=O)CCCN(C(=O)Cc2coc3cc(C)ccc23)CCCCOC[C@H](O)[C@@H]1O. The van der Waals surface area contributed by atoms with Gasteiger partial charge in [-0.05, 0) is 37.8 Å². The fraction of sp³-hybridized carbons (Fsp3) is 0.615. The molecule has 2 aromatic rings. The van der Waals surface area contributed by atoms with Gasteiger partial charge in [-0.2, -0.15) is 0 Å². The lowest BCUT2D eigenvalue weighted by Crippen LogP contribution is -2.48. The summed E-state index contributed by atoms with van der Waals surface area (Å²) >= 11 is 0. The highest BCUT2D eigenvalue weighted by Crippen LogP contribution is 2.23. The molecular weight excluding hydrogens is 452 g/mol. The monoisotopic (exact) mass is 490 g/mol. The molecule has 1 aromatic carbocycles. The van der Waals surface area contributed by atoms with E-state index in [1.165, 1.54) is 14.0 Å². The van der Waals surface area contributed by atoms with E-state index in [4.69, 9.17) is 13.9 Å². The second kappa shape index (κ2) is 13.0. The summed E-state index contributed by atoms with van der Waals surface area (Å²) in [6.07, 6.45) is 0.890. The molecule has 2 heterocycles. The van der Waals surface area contributed by atoms with Gasteiger partial charge in [-0.1, -0.05) is 12.1 Å². The van der Waals surface area contributed by atoms with E-state index < -0.39 is 18.3 Å². The molecule has 0 radical (unpaired) electrons. The number of amides is 2. The van der Waals surface area contributed by atoms with Crippen LogP contribution in [0.5, 0.6) is 0 Å². The number of methoxy groups -OCH3 is 1. The molecule has 1 aromatic heterocycles. The van der Waals surface area contributed by atoms with E-state index in [-0.39, 0.29) is 31.4 Å². The lowest BCUT2D eigenvalue weighted by atomic mass is 10.1. The molecule has 1 saturated heterocycles. The number of aliphatic hydroxyl groups is 2. The molecule has 9 nitrogen and oxygen atoms in total. The molecular formula is C26H38N2O7. The molecule has 2 amide bonds. The van der Waals surface area contributed by atoms with Crippen molar-refractivity contribution in [3.05, 3.63) is 35.6 Å². The van der Waals surface area contributed by atoms with Crippen molar-refractivity contribution in [1.29, 1.82) is 0 Å². The Morgan fingerprint density at radius 2 is 1.86 bits per heavy atom. The lowest BCUT2D eigenvalue weighted by Gasteiger charge is -2.31. The Hall–Kier alpha value is -2.46. The van der Waals surface area contributed by atoms with Crippen LogP contribution in [0.2, 0.25) is 0 Å². The zero-order valence-electron chi connectivity index (χ0n) is 20.9. The van der Waals surface area contributed by atoms with Crippen molar-refractivity contribution in [3.63, 3.8) is 0 Å². The van der Waals surface area contributed by atoms with Gasteiger partial charge in [0.15, 0.2) is 0 Å². The van der Waals surface area contributed by atoms with Gasteiger partial charge in [0.2, 0.25) is 11.8 Å². The molecule has 0 bridgehead atoms. The number of ether oxygens (including phenoxy) is 2. The maximum absolute atomic E-state index is 13.3. The third-order valence-electron chi connectivity index (χ3n) is 6.54. The van der Waals surface area contributed by atoms with Gasteiger partial charge in [0.1, 0.15) is 23.9 Å². The summed E-state index contributed by atoms with van der Waals surface area (Å²) in [6.45, 7) is 5.46. The highest BCUT2D eigenvalue weighted by atomic mass is 16.5. The third-order valence-corrected chi connectivity index (χ3v) is 6.54. The number of aryl methyl sites for hydroxylation is 1. The summed E-state index contributed by atoms with van der Waals surface area (Å²) in [5.74, 6) is -0.152. The summed E-state index contributed by atoms with van der Waals surface area (Å²) in [5, 5.41) is 21.7. The van der Waals surface area contributed by atoms with Crippen LogP contribution in [0.1, 0.15) is 37.3 Å². The van der Waals surface area contributed by atoms with Gasteiger partial charge in [-0.15, -0.1) is 0 Å². The third kappa shape index (κ3) is 7.51. The Bertz CT molecular complexity index is 976. The van der Waals surface area contributed by atoms with Crippen molar-refractivity contribution in [2.45, 2.75) is 57.8 Å². The van der Waals surface area contributed by atoms with E-state index in [1.54, 1.807) is 11.2 Å². The number of hydrogen-bond donors (Lipinski definition) is 2. The minimum atomic E-state index is -1.18. The molecule has 9 heteroatoms. The highest BCUT2D eigenvalue weighted by molar-refractivity contribution is 5.88. The molecule has 2 N–H and O–H groups in total. The maximum Gasteiger partial charge on any atom is 0.227 e. The number of carbonyl (C=O) groups excluding carboxylic acids is 2. The molecule has 1 aliphatic heterocycles. The van der Waals surface area contributed by atoms with Gasteiger partial charge in [-0.25, -0.2) is 0 Å². The Labute approximate surface area is 206 Å². The zero-order chi connectivity index (χ0) is 25.4. The summed E-state index contributed by atoms with van der Waals surface area (Å²) in [6, 6.07) is 5.96.